The third-order valence-corrected chi connectivity index (χ3v) is 4.27. The molecule has 0 unspecified atom stereocenters. The van der Waals surface area contributed by atoms with Crippen molar-refractivity contribution in [2.24, 2.45) is 0 Å². The highest BCUT2D eigenvalue weighted by Gasteiger charge is 2.43. The Labute approximate surface area is 126 Å². The number of aryl methyl sites for hydroxylation is 1. The van der Waals surface area contributed by atoms with E-state index >= 15 is 0 Å². The van der Waals surface area contributed by atoms with Gasteiger partial charge in [-0.15, -0.1) is 0 Å². The molecule has 2 saturated heterocycles. The van der Waals surface area contributed by atoms with Crippen LogP contribution in [0.25, 0.3) is 0 Å². The number of hydrogen-bond acceptors (Lipinski definition) is 7. The molecular formula is C14H16FN5O2. The zero-order valence-corrected chi connectivity index (χ0v) is 12.1. The van der Waals surface area contributed by atoms with Gasteiger partial charge in [0.1, 0.15) is 0 Å². The second-order valence-corrected chi connectivity index (χ2v) is 5.73. The highest BCUT2D eigenvalue weighted by Crippen LogP contribution is 2.37. The van der Waals surface area contributed by atoms with Crippen LogP contribution < -0.4 is 4.90 Å². The molecule has 0 N–H and O–H groups in total. The van der Waals surface area contributed by atoms with Gasteiger partial charge in [0, 0.05) is 13.2 Å². The fourth-order valence-electron chi connectivity index (χ4n) is 3.29. The van der Waals surface area contributed by atoms with Gasteiger partial charge in [-0.2, -0.15) is 4.98 Å². The Morgan fingerprint density at radius 3 is 2.86 bits per heavy atom. The van der Waals surface area contributed by atoms with E-state index in [0.717, 1.165) is 12.8 Å². The first-order chi connectivity index (χ1) is 10.7. The molecule has 7 nitrogen and oxygen atoms in total. The molecule has 22 heavy (non-hydrogen) atoms. The van der Waals surface area contributed by atoms with Crippen LogP contribution >= 0.6 is 0 Å². The SMILES string of the molecule is Cc1noc([C@H]2C[C@H]3OCC[C@H]3N(c3ncc(F)cn3)C2)n1. The van der Waals surface area contributed by atoms with E-state index in [9.17, 15) is 4.39 Å². The van der Waals surface area contributed by atoms with E-state index in [2.05, 4.69) is 25.0 Å². The number of ether oxygens (including phenoxy) is 1. The summed E-state index contributed by atoms with van der Waals surface area (Å²) in [5, 5.41) is 3.86. The number of hydrogen-bond donors (Lipinski definition) is 0. The van der Waals surface area contributed by atoms with Crippen molar-refractivity contribution in [3.8, 4) is 0 Å². The molecule has 0 bridgehead atoms. The predicted octanol–water partition coefficient (Wildman–Crippen LogP) is 1.46. The molecule has 4 heterocycles. The molecule has 0 aliphatic carbocycles. The van der Waals surface area contributed by atoms with Crippen LogP contribution in [0.2, 0.25) is 0 Å². The van der Waals surface area contributed by atoms with Gasteiger partial charge in [0.25, 0.3) is 0 Å². The molecule has 3 atom stereocenters. The van der Waals surface area contributed by atoms with E-state index in [1.54, 1.807) is 6.92 Å². The molecular weight excluding hydrogens is 289 g/mol. The van der Waals surface area contributed by atoms with Crippen molar-refractivity contribution in [3.63, 3.8) is 0 Å². The Hall–Kier alpha value is -2.09. The lowest BCUT2D eigenvalue weighted by molar-refractivity contribution is 0.0755. The third kappa shape index (κ3) is 2.33. The van der Waals surface area contributed by atoms with E-state index in [-0.39, 0.29) is 18.1 Å². The normalized spacial score (nSPS) is 27.9. The van der Waals surface area contributed by atoms with E-state index < -0.39 is 5.82 Å². The Bertz CT molecular complexity index is 662. The van der Waals surface area contributed by atoms with Crippen molar-refractivity contribution in [2.75, 3.05) is 18.1 Å². The summed E-state index contributed by atoms with van der Waals surface area (Å²) in [5.41, 5.74) is 0. The van der Waals surface area contributed by atoms with Gasteiger partial charge in [-0.1, -0.05) is 5.16 Å². The molecule has 2 aromatic rings. The molecule has 0 spiro atoms. The summed E-state index contributed by atoms with van der Waals surface area (Å²) in [6.45, 7) is 3.17. The number of rotatable bonds is 2. The van der Waals surface area contributed by atoms with E-state index in [1.165, 1.54) is 12.4 Å². The molecule has 0 radical (unpaired) electrons. The van der Waals surface area contributed by atoms with Crippen molar-refractivity contribution < 1.29 is 13.7 Å². The first-order valence-corrected chi connectivity index (χ1v) is 7.36. The van der Waals surface area contributed by atoms with Gasteiger partial charge in [-0.3, -0.25) is 0 Å². The second-order valence-electron chi connectivity index (χ2n) is 5.73. The maximum atomic E-state index is 13.1. The number of halogens is 1. The van der Waals surface area contributed by atoms with E-state index in [1.807, 2.05) is 0 Å². The van der Waals surface area contributed by atoms with Crippen molar-refractivity contribution in [3.05, 3.63) is 29.9 Å². The minimum Gasteiger partial charge on any atom is -0.376 e. The maximum Gasteiger partial charge on any atom is 0.231 e. The van der Waals surface area contributed by atoms with Crippen LogP contribution in [-0.4, -0.2) is 45.4 Å². The fraction of sp³-hybridized carbons (Fsp3) is 0.571. The Morgan fingerprint density at radius 2 is 2.14 bits per heavy atom. The quantitative estimate of drug-likeness (QED) is 0.831. The monoisotopic (exact) mass is 305 g/mol. The van der Waals surface area contributed by atoms with Crippen LogP contribution in [0.3, 0.4) is 0 Å². The Kier molecular flexibility index (Phi) is 3.25. The number of anilines is 1. The topological polar surface area (TPSA) is 77.2 Å². The van der Waals surface area contributed by atoms with Crippen LogP contribution in [0.4, 0.5) is 10.3 Å². The zero-order valence-electron chi connectivity index (χ0n) is 12.1. The zero-order chi connectivity index (χ0) is 15.1. The third-order valence-electron chi connectivity index (χ3n) is 4.27. The lowest BCUT2D eigenvalue weighted by atomic mass is 9.90. The summed E-state index contributed by atoms with van der Waals surface area (Å²) >= 11 is 0. The smallest absolute Gasteiger partial charge is 0.231 e. The van der Waals surface area contributed by atoms with Crippen LogP contribution in [-0.2, 0) is 4.74 Å². The first-order valence-electron chi connectivity index (χ1n) is 7.36. The van der Waals surface area contributed by atoms with E-state index in [0.29, 0.717) is 30.8 Å². The minimum atomic E-state index is -0.441. The average molecular weight is 305 g/mol. The summed E-state index contributed by atoms with van der Waals surface area (Å²) in [6.07, 6.45) is 4.21. The highest BCUT2D eigenvalue weighted by atomic mass is 19.1. The van der Waals surface area contributed by atoms with Crippen LogP contribution in [0.15, 0.2) is 16.9 Å². The molecule has 0 aromatic carbocycles. The second kappa shape index (κ2) is 5.28. The summed E-state index contributed by atoms with van der Waals surface area (Å²) in [6, 6.07) is 0.214. The largest absolute Gasteiger partial charge is 0.376 e. The van der Waals surface area contributed by atoms with Crippen LogP contribution in [0.5, 0.6) is 0 Å². The molecule has 116 valence electrons. The molecule has 0 saturated carbocycles. The molecule has 4 rings (SSSR count). The van der Waals surface area contributed by atoms with Crippen molar-refractivity contribution in [1.29, 1.82) is 0 Å². The Morgan fingerprint density at radius 1 is 1.32 bits per heavy atom. The van der Waals surface area contributed by atoms with Gasteiger partial charge in [-0.05, 0) is 19.8 Å². The number of fused-ring (bicyclic) bond motifs is 1. The maximum absolute atomic E-state index is 13.1. The first kappa shape index (κ1) is 13.6. The molecule has 0 amide bonds. The standard InChI is InChI=1S/C14H16FN5O2/c1-8-18-13(22-19-8)9-4-12-11(2-3-21-12)20(7-9)14-16-5-10(15)6-17-14/h5-6,9,11-12H,2-4,7H2,1H3/t9-,11+,12+/m0/s1. The number of piperidine rings is 1. The van der Waals surface area contributed by atoms with Gasteiger partial charge in [0.05, 0.1) is 30.5 Å². The van der Waals surface area contributed by atoms with Gasteiger partial charge in [0.15, 0.2) is 11.6 Å². The lowest BCUT2D eigenvalue weighted by Gasteiger charge is -2.39. The van der Waals surface area contributed by atoms with Crippen molar-refractivity contribution >= 4 is 5.95 Å². The number of aromatic nitrogens is 4. The van der Waals surface area contributed by atoms with Gasteiger partial charge < -0.3 is 14.2 Å². The molecule has 2 aliphatic heterocycles. The predicted molar refractivity (Wildman–Crippen MR) is 73.9 cm³/mol. The van der Waals surface area contributed by atoms with E-state index in [4.69, 9.17) is 9.26 Å². The molecule has 2 fully saturated rings. The van der Waals surface area contributed by atoms with Crippen molar-refractivity contribution in [1.82, 2.24) is 20.1 Å². The lowest BCUT2D eigenvalue weighted by Crippen LogP contribution is -2.49. The molecule has 2 aliphatic rings. The highest BCUT2D eigenvalue weighted by molar-refractivity contribution is 5.35. The summed E-state index contributed by atoms with van der Waals surface area (Å²) in [4.78, 5) is 14.6. The summed E-state index contributed by atoms with van der Waals surface area (Å²) in [7, 11) is 0. The Balaban J connectivity index is 1.64. The average Bonchev–Trinajstić information content (AvgIpc) is 3.15. The van der Waals surface area contributed by atoms with Gasteiger partial charge in [0.2, 0.25) is 11.8 Å². The van der Waals surface area contributed by atoms with Gasteiger partial charge in [-0.25, -0.2) is 14.4 Å². The number of nitrogens with zero attached hydrogens (tertiary/aromatic N) is 5. The fourth-order valence-corrected chi connectivity index (χ4v) is 3.29. The summed E-state index contributed by atoms with van der Waals surface area (Å²) < 4.78 is 24.2. The molecule has 8 heteroatoms. The van der Waals surface area contributed by atoms with Crippen LogP contribution in [0, 0.1) is 12.7 Å². The van der Waals surface area contributed by atoms with Gasteiger partial charge >= 0.3 is 0 Å². The minimum absolute atomic E-state index is 0.0641. The van der Waals surface area contributed by atoms with Crippen LogP contribution in [0.1, 0.15) is 30.5 Å². The van der Waals surface area contributed by atoms with Crippen molar-refractivity contribution in [2.45, 2.75) is 37.8 Å². The molecule has 2 aromatic heterocycles. The summed E-state index contributed by atoms with van der Waals surface area (Å²) in [5.74, 6) is 1.37.